The molecule has 0 aliphatic heterocycles. The van der Waals surface area contributed by atoms with E-state index in [0.717, 1.165) is 4.90 Å². The lowest BCUT2D eigenvalue weighted by atomic mass is 10.1. The number of ether oxygens (including phenoxy) is 1. The largest absolute Gasteiger partial charge is 0.491 e. The number of rotatable bonds is 5. The van der Waals surface area contributed by atoms with Crippen molar-refractivity contribution in [1.29, 1.82) is 0 Å². The predicted octanol–water partition coefficient (Wildman–Crippen LogP) is 2.42. The van der Waals surface area contributed by atoms with Gasteiger partial charge in [-0.3, -0.25) is 9.69 Å². The molecule has 142 valence electrons. The van der Waals surface area contributed by atoms with Crippen LogP contribution in [0.3, 0.4) is 0 Å². The van der Waals surface area contributed by atoms with Gasteiger partial charge >= 0.3 is 18.1 Å². The number of para-hydroxylation sites is 1. The Morgan fingerprint density at radius 3 is 2.26 bits per heavy atom. The fourth-order valence-electron chi connectivity index (χ4n) is 2.20. The maximum absolute atomic E-state index is 12.8. The monoisotopic (exact) mass is 380 g/mol. The molecular weight excluding hydrogens is 365 g/mol. The summed E-state index contributed by atoms with van der Waals surface area (Å²) in [5.41, 5.74) is 6.62. The van der Waals surface area contributed by atoms with Gasteiger partial charge in [0.25, 0.3) is 5.91 Å². The van der Waals surface area contributed by atoms with Gasteiger partial charge in [-0.25, -0.2) is 9.59 Å². The van der Waals surface area contributed by atoms with E-state index in [-0.39, 0.29) is 17.8 Å². The summed E-state index contributed by atoms with van der Waals surface area (Å²) < 4.78 is 40.6. The zero-order chi connectivity index (χ0) is 20.0. The third kappa shape index (κ3) is 5.38. The number of halogens is 3. The second-order valence-electron chi connectivity index (χ2n) is 5.39. The van der Waals surface area contributed by atoms with Gasteiger partial charge in [0.15, 0.2) is 0 Å². The number of benzene rings is 2. The zero-order valence-electron chi connectivity index (χ0n) is 13.9. The van der Waals surface area contributed by atoms with Crippen molar-refractivity contribution in [3.8, 4) is 0 Å². The number of anilines is 1. The fraction of sp³-hybridized carbons (Fsp3) is 0.167. The third-order valence-electron chi connectivity index (χ3n) is 3.45. The van der Waals surface area contributed by atoms with Crippen LogP contribution in [0.25, 0.3) is 0 Å². The molecule has 0 spiro atoms. The first kappa shape index (κ1) is 20.1. The molecular formula is C18H15F3N2O4. The molecule has 2 aromatic carbocycles. The Labute approximate surface area is 152 Å². The minimum Gasteiger partial charge on any atom is -0.385 e. The van der Waals surface area contributed by atoms with Gasteiger partial charge < -0.3 is 10.5 Å². The fourth-order valence-corrected chi connectivity index (χ4v) is 2.20. The van der Waals surface area contributed by atoms with E-state index in [1.807, 2.05) is 0 Å². The lowest BCUT2D eigenvalue weighted by molar-refractivity contribution is -0.201. The number of hydrogen-bond donors (Lipinski definition) is 1. The summed E-state index contributed by atoms with van der Waals surface area (Å²) in [6, 6.07) is 14.1. The zero-order valence-corrected chi connectivity index (χ0v) is 13.9. The lowest BCUT2D eigenvalue weighted by Gasteiger charge is -2.22. The summed E-state index contributed by atoms with van der Waals surface area (Å²) in [6.45, 7) is -0.702. The highest BCUT2D eigenvalue weighted by Gasteiger charge is 2.42. The van der Waals surface area contributed by atoms with Crippen LogP contribution in [0.15, 0.2) is 54.6 Å². The molecule has 6 nitrogen and oxygen atoms in total. The van der Waals surface area contributed by atoms with Crippen molar-refractivity contribution < 1.29 is 32.3 Å². The van der Waals surface area contributed by atoms with Crippen molar-refractivity contribution in [2.24, 2.45) is 5.73 Å². The van der Waals surface area contributed by atoms with Gasteiger partial charge in [-0.2, -0.15) is 13.2 Å². The van der Waals surface area contributed by atoms with Crippen molar-refractivity contribution in [3.63, 3.8) is 0 Å². The van der Waals surface area contributed by atoms with E-state index in [4.69, 9.17) is 5.73 Å². The maximum Gasteiger partial charge on any atom is 0.491 e. The molecule has 0 atom stereocenters. The molecule has 0 aromatic heterocycles. The van der Waals surface area contributed by atoms with Gasteiger partial charge in [0, 0.05) is 17.8 Å². The Kier molecular flexibility index (Phi) is 6.30. The minimum absolute atomic E-state index is 0.175. The Morgan fingerprint density at radius 2 is 1.67 bits per heavy atom. The average Bonchev–Trinajstić information content (AvgIpc) is 2.65. The van der Waals surface area contributed by atoms with Crippen molar-refractivity contribution in [3.05, 3.63) is 65.7 Å². The molecule has 0 heterocycles. The summed E-state index contributed by atoms with van der Waals surface area (Å²) in [7, 11) is 0. The van der Waals surface area contributed by atoms with Gasteiger partial charge in [0.05, 0.1) is 0 Å². The highest BCUT2D eigenvalue weighted by Crippen LogP contribution is 2.19. The van der Waals surface area contributed by atoms with Gasteiger partial charge in [0.2, 0.25) is 0 Å². The molecule has 2 rings (SSSR count). The highest BCUT2D eigenvalue weighted by molar-refractivity contribution is 6.09. The van der Waals surface area contributed by atoms with E-state index in [9.17, 15) is 27.6 Å². The quantitative estimate of drug-likeness (QED) is 0.636. The van der Waals surface area contributed by atoms with Gasteiger partial charge in [-0.05, 0) is 29.8 Å². The number of nitrogens with two attached hydrogens (primary N) is 1. The molecule has 0 unspecified atom stereocenters. The SMILES string of the molecule is NCc1cccc(C(=O)N(CC(=O)OC(=O)C(F)(F)F)c2ccccc2)c1. The Bertz CT molecular complexity index is 838. The second kappa shape index (κ2) is 8.45. The average molecular weight is 380 g/mol. The van der Waals surface area contributed by atoms with Crippen molar-refractivity contribution in [2.45, 2.75) is 12.7 Å². The van der Waals surface area contributed by atoms with E-state index in [1.165, 1.54) is 24.3 Å². The van der Waals surface area contributed by atoms with Crippen LogP contribution in [0, 0.1) is 0 Å². The van der Waals surface area contributed by atoms with Crippen LogP contribution in [0.1, 0.15) is 15.9 Å². The molecule has 9 heteroatoms. The van der Waals surface area contributed by atoms with E-state index < -0.39 is 30.6 Å². The van der Waals surface area contributed by atoms with Crippen LogP contribution in [-0.4, -0.2) is 30.6 Å². The minimum atomic E-state index is -5.31. The number of carbonyl (C=O) groups is 3. The van der Waals surface area contributed by atoms with Crippen molar-refractivity contribution >= 4 is 23.5 Å². The molecule has 1 amide bonds. The van der Waals surface area contributed by atoms with Crippen LogP contribution in [0.4, 0.5) is 18.9 Å². The molecule has 0 aliphatic carbocycles. The summed E-state index contributed by atoms with van der Waals surface area (Å²) in [5, 5.41) is 0. The van der Waals surface area contributed by atoms with E-state index >= 15 is 0 Å². The van der Waals surface area contributed by atoms with Crippen LogP contribution >= 0.6 is 0 Å². The normalized spacial score (nSPS) is 11.0. The number of carbonyl (C=O) groups excluding carboxylic acids is 3. The maximum atomic E-state index is 12.8. The van der Waals surface area contributed by atoms with E-state index in [0.29, 0.717) is 5.56 Å². The van der Waals surface area contributed by atoms with E-state index in [1.54, 1.807) is 30.3 Å². The Hall–Kier alpha value is -3.20. The number of hydrogen-bond acceptors (Lipinski definition) is 5. The summed E-state index contributed by atoms with van der Waals surface area (Å²) in [5.74, 6) is -4.81. The Morgan fingerprint density at radius 1 is 1.00 bits per heavy atom. The van der Waals surface area contributed by atoms with Crippen LogP contribution in [0.5, 0.6) is 0 Å². The molecule has 2 aromatic rings. The summed E-state index contributed by atoms with van der Waals surface area (Å²) in [4.78, 5) is 36.3. The topological polar surface area (TPSA) is 89.7 Å². The molecule has 0 saturated heterocycles. The smallest absolute Gasteiger partial charge is 0.385 e. The van der Waals surface area contributed by atoms with Crippen LogP contribution in [0.2, 0.25) is 0 Å². The first-order chi connectivity index (χ1) is 12.7. The van der Waals surface area contributed by atoms with E-state index in [2.05, 4.69) is 4.74 Å². The number of alkyl halides is 3. The standard InChI is InChI=1S/C18H15F3N2O4/c19-18(20,21)17(26)27-15(24)11-23(14-7-2-1-3-8-14)16(25)13-6-4-5-12(9-13)10-22/h1-9H,10-11,22H2. The van der Waals surface area contributed by atoms with Crippen LogP contribution in [-0.2, 0) is 20.9 Å². The van der Waals surface area contributed by atoms with Crippen LogP contribution < -0.4 is 10.6 Å². The predicted molar refractivity (Wildman–Crippen MR) is 89.6 cm³/mol. The Balaban J connectivity index is 2.28. The first-order valence-electron chi connectivity index (χ1n) is 7.70. The molecule has 0 radical (unpaired) electrons. The second-order valence-corrected chi connectivity index (χ2v) is 5.39. The summed E-state index contributed by atoms with van der Waals surface area (Å²) >= 11 is 0. The lowest BCUT2D eigenvalue weighted by Crippen LogP contribution is -2.39. The molecule has 0 fully saturated rings. The third-order valence-corrected chi connectivity index (χ3v) is 3.45. The first-order valence-corrected chi connectivity index (χ1v) is 7.70. The molecule has 0 bridgehead atoms. The number of nitrogens with zero attached hydrogens (tertiary/aromatic N) is 1. The van der Waals surface area contributed by atoms with Crippen molar-refractivity contribution in [1.82, 2.24) is 0 Å². The van der Waals surface area contributed by atoms with Gasteiger partial charge in [-0.15, -0.1) is 0 Å². The highest BCUT2D eigenvalue weighted by atomic mass is 19.4. The van der Waals surface area contributed by atoms with Gasteiger partial charge in [-0.1, -0.05) is 30.3 Å². The number of amides is 1. The molecule has 27 heavy (non-hydrogen) atoms. The number of esters is 2. The molecule has 2 N–H and O–H groups in total. The van der Waals surface area contributed by atoms with Gasteiger partial charge in [0.1, 0.15) is 6.54 Å². The summed E-state index contributed by atoms with van der Waals surface area (Å²) in [6.07, 6.45) is -5.31. The van der Waals surface area contributed by atoms with Crippen molar-refractivity contribution in [2.75, 3.05) is 11.4 Å². The molecule has 0 aliphatic rings. The molecule has 0 saturated carbocycles.